The van der Waals surface area contributed by atoms with Crippen molar-refractivity contribution in [2.24, 2.45) is 10.9 Å². The Morgan fingerprint density at radius 3 is 2.62 bits per heavy atom. The summed E-state index contributed by atoms with van der Waals surface area (Å²) in [6.07, 6.45) is -0.438. The molecule has 0 saturated heterocycles. The van der Waals surface area contributed by atoms with Crippen molar-refractivity contribution < 1.29 is 9.94 Å². The number of ether oxygens (including phenoxy) is 1. The molecule has 0 fully saturated rings. The number of nitrogens with zero attached hydrogens (tertiary/aromatic N) is 1. The van der Waals surface area contributed by atoms with Gasteiger partial charge in [-0.2, -0.15) is 0 Å². The molecule has 0 aliphatic heterocycles. The molecule has 0 amide bonds. The summed E-state index contributed by atoms with van der Waals surface area (Å²) in [6, 6.07) is 7.80. The molecule has 0 aromatic heterocycles. The van der Waals surface area contributed by atoms with Gasteiger partial charge in [-0.1, -0.05) is 31.1 Å². The minimum atomic E-state index is -0.438. The molecule has 88 valence electrons. The van der Waals surface area contributed by atoms with E-state index in [0.717, 1.165) is 5.75 Å². The molecule has 3 N–H and O–H groups in total. The highest BCUT2D eigenvalue weighted by Crippen LogP contribution is 2.20. The molecule has 1 unspecified atom stereocenters. The number of hydrogen-bond acceptors (Lipinski definition) is 3. The molecule has 4 nitrogen and oxygen atoms in total. The smallest absolute Gasteiger partial charge is 0.180 e. The summed E-state index contributed by atoms with van der Waals surface area (Å²) in [5.41, 5.74) is 6.64. The van der Waals surface area contributed by atoms with Crippen molar-refractivity contribution in [2.45, 2.75) is 32.8 Å². The first kappa shape index (κ1) is 12.4. The molecular weight excluding hydrogens is 204 g/mol. The summed E-state index contributed by atoms with van der Waals surface area (Å²) in [4.78, 5) is 0. The van der Waals surface area contributed by atoms with Crippen LogP contribution in [0.1, 0.15) is 32.3 Å². The van der Waals surface area contributed by atoms with E-state index >= 15 is 0 Å². The predicted octanol–water partition coefficient (Wildman–Crippen LogP) is 2.32. The molecule has 1 aromatic carbocycles. The fourth-order valence-corrected chi connectivity index (χ4v) is 1.29. The van der Waals surface area contributed by atoms with E-state index in [0.29, 0.717) is 5.92 Å². The van der Waals surface area contributed by atoms with Gasteiger partial charge < -0.3 is 15.7 Å². The van der Waals surface area contributed by atoms with Crippen LogP contribution in [0.25, 0.3) is 0 Å². The lowest BCUT2D eigenvalue weighted by molar-refractivity contribution is 0.265. The highest BCUT2D eigenvalue weighted by atomic mass is 16.5. The van der Waals surface area contributed by atoms with E-state index in [4.69, 9.17) is 15.7 Å². The van der Waals surface area contributed by atoms with Crippen LogP contribution in [0.4, 0.5) is 0 Å². The Bertz CT molecular complexity index is 375. The molecule has 16 heavy (non-hydrogen) atoms. The van der Waals surface area contributed by atoms with Crippen molar-refractivity contribution in [1.29, 1.82) is 0 Å². The largest absolute Gasteiger partial charge is 0.483 e. The molecule has 0 heterocycles. The maximum Gasteiger partial charge on any atom is 0.180 e. The van der Waals surface area contributed by atoms with E-state index in [1.807, 2.05) is 24.3 Å². The van der Waals surface area contributed by atoms with E-state index in [2.05, 4.69) is 19.0 Å². The second-order valence-corrected chi connectivity index (χ2v) is 4.01. The van der Waals surface area contributed by atoms with Gasteiger partial charge in [-0.05, 0) is 30.5 Å². The van der Waals surface area contributed by atoms with Crippen LogP contribution in [0, 0.1) is 0 Å². The molecule has 0 aliphatic carbocycles. The van der Waals surface area contributed by atoms with Crippen LogP contribution in [0.15, 0.2) is 29.4 Å². The van der Waals surface area contributed by atoms with Gasteiger partial charge in [0.05, 0.1) is 0 Å². The van der Waals surface area contributed by atoms with Crippen LogP contribution >= 0.6 is 0 Å². The van der Waals surface area contributed by atoms with E-state index < -0.39 is 6.10 Å². The molecule has 1 aromatic rings. The number of amidine groups is 1. The second kappa shape index (κ2) is 5.39. The lowest BCUT2D eigenvalue weighted by atomic mass is 10.0. The van der Waals surface area contributed by atoms with Crippen LogP contribution in [-0.2, 0) is 0 Å². The lowest BCUT2D eigenvalue weighted by Gasteiger charge is -2.14. The van der Waals surface area contributed by atoms with Crippen LogP contribution in [0.3, 0.4) is 0 Å². The van der Waals surface area contributed by atoms with Gasteiger partial charge in [0.2, 0.25) is 0 Å². The molecule has 0 saturated carbocycles. The summed E-state index contributed by atoms with van der Waals surface area (Å²) >= 11 is 0. The first-order chi connectivity index (χ1) is 7.54. The van der Waals surface area contributed by atoms with Gasteiger partial charge in [-0.3, -0.25) is 0 Å². The van der Waals surface area contributed by atoms with Crippen molar-refractivity contribution in [3.05, 3.63) is 29.8 Å². The Morgan fingerprint density at radius 2 is 2.06 bits per heavy atom. The number of rotatable bonds is 4. The first-order valence-electron chi connectivity index (χ1n) is 5.28. The zero-order chi connectivity index (χ0) is 12.1. The topological polar surface area (TPSA) is 67.8 Å². The van der Waals surface area contributed by atoms with Gasteiger partial charge in [0.25, 0.3) is 0 Å². The van der Waals surface area contributed by atoms with Crippen LogP contribution in [0.2, 0.25) is 0 Å². The zero-order valence-electron chi connectivity index (χ0n) is 9.84. The highest BCUT2D eigenvalue weighted by molar-refractivity contribution is 5.84. The van der Waals surface area contributed by atoms with Gasteiger partial charge in [0.1, 0.15) is 5.75 Å². The summed E-state index contributed by atoms with van der Waals surface area (Å²) in [5.74, 6) is 1.24. The van der Waals surface area contributed by atoms with Gasteiger partial charge in [-0.15, -0.1) is 0 Å². The Balaban J connectivity index is 2.78. The maximum absolute atomic E-state index is 8.51. The fraction of sp³-hybridized carbons (Fsp3) is 0.417. The molecule has 1 rings (SSSR count). The quantitative estimate of drug-likeness (QED) is 0.355. The second-order valence-electron chi connectivity index (χ2n) is 4.01. The Kier molecular flexibility index (Phi) is 4.17. The minimum absolute atomic E-state index is 0.0648. The fourth-order valence-electron chi connectivity index (χ4n) is 1.29. The van der Waals surface area contributed by atoms with Crippen molar-refractivity contribution in [1.82, 2.24) is 0 Å². The lowest BCUT2D eigenvalue weighted by Crippen LogP contribution is -2.31. The molecule has 0 radical (unpaired) electrons. The third-order valence-corrected chi connectivity index (χ3v) is 2.37. The van der Waals surface area contributed by atoms with Crippen LogP contribution < -0.4 is 10.5 Å². The molecule has 0 spiro atoms. The van der Waals surface area contributed by atoms with Crippen molar-refractivity contribution in [3.8, 4) is 5.75 Å². The Hall–Kier alpha value is -1.71. The minimum Gasteiger partial charge on any atom is -0.483 e. The highest BCUT2D eigenvalue weighted by Gasteiger charge is 2.09. The zero-order valence-corrected chi connectivity index (χ0v) is 9.84. The standard InChI is InChI=1S/C12H18N2O2/c1-8(2)10-5-4-6-11(7-10)16-9(3)12(13)14-15/h4-9,15H,1-3H3,(H2,13,14). The van der Waals surface area contributed by atoms with Crippen molar-refractivity contribution in [2.75, 3.05) is 0 Å². The molecule has 4 heteroatoms. The maximum atomic E-state index is 8.51. The van der Waals surface area contributed by atoms with E-state index in [1.165, 1.54) is 5.56 Å². The first-order valence-corrected chi connectivity index (χ1v) is 5.28. The molecule has 1 atom stereocenters. The van der Waals surface area contributed by atoms with E-state index in [-0.39, 0.29) is 5.84 Å². The average molecular weight is 222 g/mol. The van der Waals surface area contributed by atoms with Crippen LogP contribution in [-0.4, -0.2) is 17.1 Å². The van der Waals surface area contributed by atoms with Crippen LogP contribution in [0.5, 0.6) is 5.75 Å². The summed E-state index contributed by atoms with van der Waals surface area (Å²) in [5, 5.41) is 11.4. The van der Waals surface area contributed by atoms with Crippen molar-refractivity contribution in [3.63, 3.8) is 0 Å². The van der Waals surface area contributed by atoms with Gasteiger partial charge >= 0.3 is 0 Å². The number of nitrogens with two attached hydrogens (primary N) is 1. The van der Waals surface area contributed by atoms with Crippen molar-refractivity contribution >= 4 is 5.84 Å². The van der Waals surface area contributed by atoms with Gasteiger partial charge in [0, 0.05) is 0 Å². The van der Waals surface area contributed by atoms with E-state index in [9.17, 15) is 0 Å². The summed E-state index contributed by atoms with van der Waals surface area (Å²) < 4.78 is 5.54. The summed E-state index contributed by atoms with van der Waals surface area (Å²) in [6.45, 7) is 5.97. The Morgan fingerprint density at radius 1 is 1.38 bits per heavy atom. The summed E-state index contributed by atoms with van der Waals surface area (Å²) in [7, 11) is 0. The Labute approximate surface area is 95.7 Å². The SMILES string of the molecule is CC(Oc1cccc(C(C)C)c1)C(N)=NO. The predicted molar refractivity (Wildman–Crippen MR) is 64.0 cm³/mol. The third-order valence-electron chi connectivity index (χ3n) is 2.37. The number of hydrogen-bond donors (Lipinski definition) is 2. The molecule has 0 aliphatic rings. The number of oxime groups is 1. The normalized spacial score (nSPS) is 13.9. The van der Waals surface area contributed by atoms with E-state index in [1.54, 1.807) is 6.92 Å². The molecular formula is C12H18N2O2. The van der Waals surface area contributed by atoms with Gasteiger partial charge in [0.15, 0.2) is 11.9 Å². The van der Waals surface area contributed by atoms with Gasteiger partial charge in [-0.25, -0.2) is 0 Å². The molecule has 0 bridgehead atoms. The average Bonchev–Trinajstić information content (AvgIpc) is 2.28. The monoisotopic (exact) mass is 222 g/mol. The number of benzene rings is 1. The third kappa shape index (κ3) is 3.15.